The molecule has 0 spiro atoms. The first-order valence-electron chi connectivity index (χ1n) is 13.7. The molecular weight excluding hydrogens is 633 g/mol. The smallest absolute Gasteiger partial charge is 0.266 e. The number of aromatic hydroxyl groups is 2. The summed E-state index contributed by atoms with van der Waals surface area (Å²) in [5.41, 5.74) is 11.0. The predicted molar refractivity (Wildman–Crippen MR) is 177 cm³/mol. The fourth-order valence-electron chi connectivity index (χ4n) is 4.85. The minimum atomic E-state index is -0.939. The summed E-state index contributed by atoms with van der Waals surface area (Å²) in [5.74, 6) is -2.76. The maximum atomic E-state index is 12.5. The van der Waals surface area contributed by atoms with Gasteiger partial charge in [-0.2, -0.15) is 10.2 Å². The Balaban J connectivity index is 1.66. The number of nitrogens with two attached hydrogens (primary N) is 2. The van der Waals surface area contributed by atoms with Gasteiger partial charge < -0.3 is 21.7 Å². The number of azo groups is 2. The van der Waals surface area contributed by atoms with E-state index in [4.69, 9.17) is 11.5 Å². The highest BCUT2D eigenvalue weighted by Gasteiger charge is 2.23. The Bertz CT molecular complexity index is 1950. The Morgan fingerprint density at radius 2 is 1.04 bits per heavy atom. The Labute approximate surface area is 272 Å². The Morgan fingerprint density at radius 1 is 0.696 bits per heavy atom. The molecule has 238 valence electrons. The van der Waals surface area contributed by atoms with E-state index in [9.17, 15) is 29.4 Å². The zero-order valence-corrected chi connectivity index (χ0v) is 26.9. The van der Waals surface area contributed by atoms with Crippen LogP contribution in [0.15, 0.2) is 76.2 Å². The molecule has 2 aromatic carbocycles. The highest BCUT2D eigenvalue weighted by atomic mass is 32.1. The molecule has 2 aromatic heterocycles. The van der Waals surface area contributed by atoms with Crippen LogP contribution in [0.4, 0.5) is 22.7 Å². The predicted octanol–water partition coefficient (Wildman–Crippen LogP) is 5.35. The quantitative estimate of drug-likeness (QED) is 0.102. The average molecular weight is 663 g/mol. The lowest BCUT2D eigenvalue weighted by molar-refractivity contribution is 0.0989. The van der Waals surface area contributed by atoms with Crippen molar-refractivity contribution < 1.29 is 19.8 Å². The standard InChI is InChI=1S/C30H30N8O6S2/c1-5-37-27(41)21(25(31)39)13(3)23(29(37)43)35-33-15-7-9-17(19(45)11-15)18-10-8-16(12-20(18)46)34-36-24-14(4)22(26(32)40)28(42)38(6-2)30(24)44/h7-12,43-46H,5-6H2,1-4H3,(H2,31,39)(H2,32,40). The summed E-state index contributed by atoms with van der Waals surface area (Å²) < 4.78 is 1.97. The number of primary amides is 2. The SMILES string of the molecule is CCn1c(O)c(N=Nc2ccc(-c3ccc(N=Nc4c(C)c(C(N)=O)c(=O)n(CC)c4O)cc3S)c(S)c2)c(C)c(C(N)=O)c1=O. The van der Waals surface area contributed by atoms with Crippen LogP contribution < -0.4 is 22.6 Å². The fraction of sp³-hybridized carbons (Fsp3) is 0.200. The van der Waals surface area contributed by atoms with Crippen LogP contribution in [0.2, 0.25) is 0 Å². The van der Waals surface area contributed by atoms with Crippen molar-refractivity contribution in [3.05, 3.63) is 79.4 Å². The van der Waals surface area contributed by atoms with Crippen LogP contribution in [0.25, 0.3) is 11.1 Å². The second-order valence-electron chi connectivity index (χ2n) is 9.97. The van der Waals surface area contributed by atoms with Gasteiger partial charge in [-0.05, 0) is 63.1 Å². The van der Waals surface area contributed by atoms with Crippen LogP contribution in [0.5, 0.6) is 11.8 Å². The summed E-state index contributed by atoms with van der Waals surface area (Å²) in [5, 5.41) is 37.8. The molecule has 2 heterocycles. The number of benzene rings is 2. The minimum Gasteiger partial charge on any atom is -0.493 e. The van der Waals surface area contributed by atoms with Gasteiger partial charge in [0.1, 0.15) is 22.5 Å². The zero-order valence-electron chi connectivity index (χ0n) is 25.1. The zero-order chi connectivity index (χ0) is 34.0. The van der Waals surface area contributed by atoms with Crippen molar-refractivity contribution in [3.63, 3.8) is 0 Å². The summed E-state index contributed by atoms with van der Waals surface area (Å²) in [4.78, 5) is 49.9. The molecule has 16 heteroatoms. The highest BCUT2D eigenvalue weighted by molar-refractivity contribution is 7.80. The van der Waals surface area contributed by atoms with E-state index in [1.54, 1.807) is 50.2 Å². The van der Waals surface area contributed by atoms with Gasteiger partial charge in [0.15, 0.2) is 0 Å². The van der Waals surface area contributed by atoms with Crippen LogP contribution in [0, 0.1) is 13.8 Å². The molecule has 0 saturated heterocycles. The second kappa shape index (κ2) is 13.4. The van der Waals surface area contributed by atoms with E-state index < -0.39 is 34.7 Å². The number of amides is 2. The Hall–Kier alpha value is -5.22. The van der Waals surface area contributed by atoms with E-state index in [1.165, 1.54) is 13.8 Å². The largest absolute Gasteiger partial charge is 0.493 e. The van der Waals surface area contributed by atoms with Crippen LogP contribution in [-0.4, -0.2) is 31.2 Å². The van der Waals surface area contributed by atoms with E-state index in [0.717, 1.165) is 9.13 Å². The summed E-state index contributed by atoms with van der Waals surface area (Å²) in [6.07, 6.45) is 0. The first-order chi connectivity index (χ1) is 21.7. The average Bonchev–Trinajstić information content (AvgIpc) is 2.97. The van der Waals surface area contributed by atoms with Crippen molar-refractivity contribution in [2.24, 2.45) is 31.9 Å². The number of hydrogen-bond acceptors (Lipinski definition) is 12. The van der Waals surface area contributed by atoms with Gasteiger partial charge in [0, 0.05) is 34.0 Å². The van der Waals surface area contributed by atoms with Crippen molar-refractivity contribution in [2.45, 2.75) is 50.6 Å². The van der Waals surface area contributed by atoms with Gasteiger partial charge in [0.25, 0.3) is 22.9 Å². The summed E-state index contributed by atoms with van der Waals surface area (Å²) in [7, 11) is 0. The third-order valence-corrected chi connectivity index (χ3v) is 7.96. The molecule has 4 rings (SSSR count). The maximum Gasteiger partial charge on any atom is 0.266 e. The fourth-order valence-corrected chi connectivity index (χ4v) is 5.51. The number of carbonyl (C=O) groups excluding carboxylic acids is 2. The minimum absolute atomic E-state index is 0.0646. The molecule has 2 amide bonds. The van der Waals surface area contributed by atoms with E-state index in [0.29, 0.717) is 32.3 Å². The third kappa shape index (κ3) is 6.16. The lowest BCUT2D eigenvalue weighted by Crippen LogP contribution is -2.30. The number of carbonyl (C=O) groups is 2. The maximum absolute atomic E-state index is 12.5. The first kappa shape index (κ1) is 33.7. The number of rotatable bonds is 9. The van der Waals surface area contributed by atoms with E-state index in [1.807, 2.05) is 0 Å². The molecule has 0 unspecified atom stereocenters. The third-order valence-electron chi connectivity index (χ3n) is 7.22. The molecule has 46 heavy (non-hydrogen) atoms. The summed E-state index contributed by atoms with van der Waals surface area (Å²) in [6, 6.07) is 10.0. The molecule has 4 aromatic rings. The van der Waals surface area contributed by atoms with Gasteiger partial charge in [0.05, 0.1) is 11.4 Å². The van der Waals surface area contributed by atoms with Gasteiger partial charge in [-0.1, -0.05) is 12.1 Å². The van der Waals surface area contributed by atoms with E-state index in [2.05, 4.69) is 45.7 Å². The van der Waals surface area contributed by atoms with Gasteiger partial charge in [-0.3, -0.25) is 28.3 Å². The lowest BCUT2D eigenvalue weighted by Gasteiger charge is -2.13. The van der Waals surface area contributed by atoms with Crippen molar-refractivity contribution in [3.8, 4) is 22.9 Å². The molecule has 0 bridgehead atoms. The molecule has 14 nitrogen and oxygen atoms in total. The number of thiol groups is 2. The molecule has 0 aliphatic rings. The van der Waals surface area contributed by atoms with Crippen molar-refractivity contribution in [1.82, 2.24) is 9.13 Å². The van der Waals surface area contributed by atoms with E-state index >= 15 is 0 Å². The van der Waals surface area contributed by atoms with Gasteiger partial charge in [-0.15, -0.1) is 35.5 Å². The molecule has 0 saturated carbocycles. The topological polar surface area (TPSA) is 220 Å². The first-order valence-corrected chi connectivity index (χ1v) is 14.6. The van der Waals surface area contributed by atoms with Crippen LogP contribution in [0.1, 0.15) is 45.7 Å². The van der Waals surface area contributed by atoms with Crippen molar-refractivity contribution in [1.29, 1.82) is 0 Å². The highest BCUT2D eigenvalue weighted by Crippen LogP contribution is 2.38. The number of pyridine rings is 2. The Kier molecular flexibility index (Phi) is 9.82. The van der Waals surface area contributed by atoms with Gasteiger partial charge >= 0.3 is 0 Å². The van der Waals surface area contributed by atoms with Crippen molar-refractivity contribution >= 4 is 59.8 Å². The van der Waals surface area contributed by atoms with Gasteiger partial charge in [0.2, 0.25) is 11.8 Å². The molecular formula is C30H30N8O6S2. The molecule has 0 fully saturated rings. The normalized spacial score (nSPS) is 11.5. The second-order valence-corrected chi connectivity index (χ2v) is 10.9. The molecule has 0 radical (unpaired) electrons. The Morgan fingerprint density at radius 3 is 1.33 bits per heavy atom. The number of aromatic nitrogens is 2. The monoisotopic (exact) mass is 662 g/mol. The van der Waals surface area contributed by atoms with Crippen LogP contribution >= 0.6 is 25.3 Å². The molecule has 0 aliphatic heterocycles. The molecule has 6 N–H and O–H groups in total. The van der Waals surface area contributed by atoms with Crippen LogP contribution in [0.3, 0.4) is 0 Å². The number of hydrogen-bond donors (Lipinski definition) is 6. The van der Waals surface area contributed by atoms with E-state index in [-0.39, 0.29) is 46.7 Å². The van der Waals surface area contributed by atoms with Gasteiger partial charge in [-0.25, -0.2) is 0 Å². The molecule has 0 aliphatic carbocycles. The molecule has 0 atom stereocenters. The van der Waals surface area contributed by atoms with Crippen molar-refractivity contribution in [2.75, 3.05) is 0 Å². The lowest BCUT2D eigenvalue weighted by atomic mass is 10.0. The van der Waals surface area contributed by atoms with Crippen LogP contribution in [-0.2, 0) is 13.1 Å². The summed E-state index contributed by atoms with van der Waals surface area (Å²) in [6.45, 7) is 6.32. The summed E-state index contributed by atoms with van der Waals surface area (Å²) >= 11 is 9.20. The number of nitrogens with zero attached hydrogens (tertiary/aromatic N) is 6.